The molecule has 11 heavy (non-hydrogen) atoms. The van der Waals surface area contributed by atoms with E-state index in [9.17, 15) is 4.79 Å². The van der Waals surface area contributed by atoms with Crippen molar-refractivity contribution >= 4 is 5.91 Å². The van der Waals surface area contributed by atoms with Gasteiger partial charge in [0.1, 0.15) is 6.61 Å². The summed E-state index contributed by atoms with van der Waals surface area (Å²) in [5.74, 6) is -0.479. The van der Waals surface area contributed by atoms with Crippen molar-refractivity contribution in [2.45, 2.75) is 0 Å². The monoisotopic (exact) mass is 163 g/mol. The van der Waals surface area contributed by atoms with Crippen LogP contribution in [0.2, 0.25) is 0 Å². The number of hydrogen-bond donors (Lipinski definition) is 3. The molecule has 0 fully saturated rings. The summed E-state index contributed by atoms with van der Waals surface area (Å²) in [5.41, 5.74) is 0. The van der Waals surface area contributed by atoms with Gasteiger partial charge in [-0.15, -0.1) is 0 Å². The van der Waals surface area contributed by atoms with Crippen LogP contribution in [-0.4, -0.2) is 59.0 Å². The molecule has 0 aromatic carbocycles. The number of amides is 1. The van der Waals surface area contributed by atoms with E-state index in [1.54, 1.807) is 0 Å². The molecular weight excluding hydrogens is 150 g/mol. The minimum absolute atomic E-state index is 0.153. The summed E-state index contributed by atoms with van der Waals surface area (Å²) in [5, 5.41) is 25.3. The largest absolute Gasteiger partial charge is 0.395 e. The van der Waals surface area contributed by atoms with Gasteiger partial charge in [0.15, 0.2) is 0 Å². The fraction of sp³-hybridized carbons (Fsp3) is 0.833. The van der Waals surface area contributed by atoms with Gasteiger partial charge in [0, 0.05) is 13.1 Å². The fourth-order valence-corrected chi connectivity index (χ4v) is 0.703. The highest BCUT2D eigenvalue weighted by Gasteiger charge is 2.09. The molecule has 0 radical (unpaired) electrons. The van der Waals surface area contributed by atoms with Gasteiger partial charge >= 0.3 is 0 Å². The van der Waals surface area contributed by atoms with Crippen molar-refractivity contribution < 1.29 is 20.1 Å². The third kappa shape index (κ3) is 3.92. The Morgan fingerprint density at radius 3 is 1.82 bits per heavy atom. The Kier molecular flexibility index (Phi) is 5.73. The molecule has 5 heteroatoms. The summed E-state index contributed by atoms with van der Waals surface area (Å²) < 4.78 is 0. The molecule has 5 nitrogen and oxygen atoms in total. The lowest BCUT2D eigenvalue weighted by atomic mass is 10.4. The molecule has 0 heterocycles. The van der Waals surface area contributed by atoms with Gasteiger partial charge in [-0.05, 0) is 0 Å². The van der Waals surface area contributed by atoms with Gasteiger partial charge in [0.05, 0.1) is 13.2 Å². The average Bonchev–Trinajstić information content (AvgIpc) is 2.03. The van der Waals surface area contributed by atoms with Gasteiger partial charge in [0.2, 0.25) is 5.91 Å². The van der Waals surface area contributed by atoms with Crippen molar-refractivity contribution in [3.05, 3.63) is 0 Å². The van der Waals surface area contributed by atoms with E-state index in [2.05, 4.69) is 0 Å². The van der Waals surface area contributed by atoms with Crippen LogP contribution in [0, 0.1) is 0 Å². The predicted molar refractivity (Wildman–Crippen MR) is 37.8 cm³/mol. The predicted octanol–water partition coefficient (Wildman–Crippen LogP) is -2.21. The summed E-state index contributed by atoms with van der Waals surface area (Å²) >= 11 is 0. The first-order chi connectivity index (χ1) is 5.26. The SMILES string of the molecule is O=C(CO)N(CCO)CCO. The Hall–Kier alpha value is -0.650. The van der Waals surface area contributed by atoms with Crippen LogP contribution in [0.1, 0.15) is 0 Å². The fourth-order valence-electron chi connectivity index (χ4n) is 0.703. The zero-order valence-electron chi connectivity index (χ0n) is 6.23. The quantitative estimate of drug-likeness (QED) is 0.429. The summed E-state index contributed by atoms with van der Waals surface area (Å²) in [6.45, 7) is -0.600. The zero-order chi connectivity index (χ0) is 8.69. The molecule has 0 rings (SSSR count). The van der Waals surface area contributed by atoms with Crippen LogP contribution in [0.5, 0.6) is 0 Å². The molecule has 3 N–H and O–H groups in total. The maximum atomic E-state index is 10.7. The highest BCUT2D eigenvalue weighted by atomic mass is 16.3. The highest BCUT2D eigenvalue weighted by Crippen LogP contribution is 1.87. The second kappa shape index (κ2) is 6.09. The van der Waals surface area contributed by atoms with Gasteiger partial charge in [-0.1, -0.05) is 0 Å². The molecule has 0 unspecified atom stereocenters. The Balaban J connectivity index is 3.76. The van der Waals surface area contributed by atoms with Crippen LogP contribution in [0.25, 0.3) is 0 Å². The van der Waals surface area contributed by atoms with E-state index in [1.165, 1.54) is 4.90 Å². The first-order valence-corrected chi connectivity index (χ1v) is 3.36. The summed E-state index contributed by atoms with van der Waals surface area (Å²) in [6, 6.07) is 0. The Labute approximate surface area is 64.9 Å². The van der Waals surface area contributed by atoms with Crippen molar-refractivity contribution in [2.24, 2.45) is 0 Å². The van der Waals surface area contributed by atoms with Crippen LogP contribution in [0.15, 0.2) is 0 Å². The molecule has 0 aromatic rings. The molecule has 0 bridgehead atoms. The van der Waals surface area contributed by atoms with Crippen molar-refractivity contribution in [1.29, 1.82) is 0 Å². The van der Waals surface area contributed by atoms with E-state index in [0.29, 0.717) is 0 Å². The van der Waals surface area contributed by atoms with E-state index < -0.39 is 12.5 Å². The minimum Gasteiger partial charge on any atom is -0.395 e. The summed E-state index contributed by atoms with van der Waals surface area (Å²) in [6.07, 6.45) is 0. The first-order valence-electron chi connectivity index (χ1n) is 3.36. The second-order valence-electron chi connectivity index (χ2n) is 1.99. The lowest BCUT2D eigenvalue weighted by Gasteiger charge is -2.18. The van der Waals surface area contributed by atoms with Crippen LogP contribution >= 0.6 is 0 Å². The highest BCUT2D eigenvalue weighted by molar-refractivity contribution is 5.77. The van der Waals surface area contributed by atoms with Crippen LogP contribution in [0.4, 0.5) is 0 Å². The van der Waals surface area contributed by atoms with Gasteiger partial charge in [-0.3, -0.25) is 4.79 Å². The topological polar surface area (TPSA) is 81.0 Å². The van der Waals surface area contributed by atoms with E-state index >= 15 is 0 Å². The third-order valence-electron chi connectivity index (χ3n) is 1.23. The maximum Gasteiger partial charge on any atom is 0.248 e. The number of aliphatic hydroxyl groups excluding tert-OH is 3. The average molecular weight is 163 g/mol. The molecule has 0 aliphatic carbocycles. The molecule has 0 atom stereocenters. The molecule has 0 saturated carbocycles. The lowest BCUT2D eigenvalue weighted by Crippen LogP contribution is -2.37. The van der Waals surface area contributed by atoms with Crippen LogP contribution in [-0.2, 0) is 4.79 Å². The molecule has 0 aromatic heterocycles. The van der Waals surface area contributed by atoms with E-state index in [-0.39, 0.29) is 26.3 Å². The Morgan fingerprint density at radius 1 is 1.09 bits per heavy atom. The van der Waals surface area contributed by atoms with E-state index in [1.807, 2.05) is 0 Å². The normalized spacial score (nSPS) is 9.73. The molecule has 0 aliphatic rings. The Bertz CT molecular complexity index is 111. The molecule has 0 aliphatic heterocycles. The minimum atomic E-state index is -0.583. The summed E-state index contributed by atoms with van der Waals surface area (Å²) in [4.78, 5) is 11.9. The van der Waals surface area contributed by atoms with Gasteiger partial charge in [-0.25, -0.2) is 0 Å². The van der Waals surface area contributed by atoms with Crippen molar-refractivity contribution in [2.75, 3.05) is 32.9 Å². The molecule has 66 valence electrons. The number of hydrogen-bond acceptors (Lipinski definition) is 4. The van der Waals surface area contributed by atoms with Crippen LogP contribution < -0.4 is 0 Å². The zero-order valence-corrected chi connectivity index (χ0v) is 6.23. The summed E-state index contributed by atoms with van der Waals surface area (Å²) in [7, 11) is 0. The Morgan fingerprint density at radius 2 is 1.55 bits per heavy atom. The first kappa shape index (κ1) is 10.3. The van der Waals surface area contributed by atoms with Crippen LogP contribution in [0.3, 0.4) is 0 Å². The van der Waals surface area contributed by atoms with Gasteiger partial charge < -0.3 is 20.2 Å². The number of aliphatic hydroxyl groups is 3. The van der Waals surface area contributed by atoms with E-state index in [4.69, 9.17) is 15.3 Å². The molecule has 0 saturated heterocycles. The molecule has 1 amide bonds. The third-order valence-corrected chi connectivity index (χ3v) is 1.23. The van der Waals surface area contributed by atoms with Crippen molar-refractivity contribution in [3.8, 4) is 0 Å². The number of carbonyl (C=O) groups excluding carboxylic acids is 1. The number of carbonyl (C=O) groups is 1. The van der Waals surface area contributed by atoms with Gasteiger partial charge in [0.25, 0.3) is 0 Å². The maximum absolute atomic E-state index is 10.7. The molecular formula is C6H13NO4. The van der Waals surface area contributed by atoms with Crippen molar-refractivity contribution in [3.63, 3.8) is 0 Å². The number of rotatable bonds is 5. The second-order valence-corrected chi connectivity index (χ2v) is 1.99. The van der Waals surface area contributed by atoms with Crippen molar-refractivity contribution in [1.82, 2.24) is 4.90 Å². The standard InChI is InChI=1S/C6H13NO4/c8-3-1-7(2-4-9)6(11)5-10/h8-10H,1-5H2. The smallest absolute Gasteiger partial charge is 0.248 e. The number of nitrogens with zero attached hydrogens (tertiary/aromatic N) is 1. The molecule has 0 spiro atoms. The van der Waals surface area contributed by atoms with E-state index in [0.717, 1.165) is 0 Å². The lowest BCUT2D eigenvalue weighted by molar-refractivity contribution is -0.135. The van der Waals surface area contributed by atoms with Gasteiger partial charge in [-0.2, -0.15) is 0 Å².